The van der Waals surface area contributed by atoms with Crippen LogP contribution < -0.4 is 14.4 Å². The number of carbonyl (C=O) groups is 1. The first-order chi connectivity index (χ1) is 22.6. The van der Waals surface area contributed by atoms with E-state index in [1.165, 1.54) is 12.1 Å². The Balaban J connectivity index is 1.64. The molecule has 2 aromatic carbocycles. The van der Waals surface area contributed by atoms with Gasteiger partial charge in [0.2, 0.25) is 11.8 Å². The number of ether oxygens (including phenoxy) is 1. The lowest BCUT2D eigenvalue weighted by atomic mass is 9.87. The van der Waals surface area contributed by atoms with E-state index in [1.807, 2.05) is 44.0 Å². The van der Waals surface area contributed by atoms with E-state index in [9.17, 15) is 13.2 Å². The quantitative estimate of drug-likeness (QED) is 0.241. The largest absolute Gasteiger partial charge is 0.475 e. The third-order valence-corrected chi connectivity index (χ3v) is 9.39. The van der Waals surface area contributed by atoms with Gasteiger partial charge in [-0.15, -0.1) is 0 Å². The number of rotatable bonds is 7. The highest BCUT2D eigenvalue weighted by Gasteiger charge is 2.32. The van der Waals surface area contributed by atoms with Crippen LogP contribution in [-0.2, 0) is 16.6 Å². The predicted molar refractivity (Wildman–Crippen MR) is 188 cm³/mol. The molecule has 1 N–H and O–H groups in total. The average molecular weight is 672 g/mol. The maximum Gasteiger partial charge on any atom is 0.264 e. The number of nitrogens with zero attached hydrogens (tertiary/aromatic N) is 6. The van der Waals surface area contributed by atoms with Crippen LogP contribution in [0.3, 0.4) is 0 Å². The minimum absolute atomic E-state index is 0.0828. The Morgan fingerprint density at radius 2 is 1.73 bits per heavy atom. The Hall–Kier alpha value is -4.58. The van der Waals surface area contributed by atoms with Crippen molar-refractivity contribution in [1.82, 2.24) is 24.8 Å². The van der Waals surface area contributed by atoms with E-state index in [0.717, 1.165) is 23.2 Å². The molecule has 11 nitrogen and oxygen atoms in total. The lowest BCUT2D eigenvalue weighted by Gasteiger charge is -2.35. The van der Waals surface area contributed by atoms with Crippen molar-refractivity contribution in [2.45, 2.75) is 72.4 Å². The molecular weight excluding hydrogens is 627 g/mol. The Labute approximate surface area is 283 Å². The van der Waals surface area contributed by atoms with E-state index in [-0.39, 0.29) is 46.8 Å². The maximum atomic E-state index is 14.5. The molecule has 0 aliphatic carbocycles. The van der Waals surface area contributed by atoms with Gasteiger partial charge in [-0.25, -0.2) is 23.1 Å². The number of aromatic nitrogens is 4. The summed E-state index contributed by atoms with van der Waals surface area (Å²) in [6, 6.07) is 13.2. The van der Waals surface area contributed by atoms with Crippen molar-refractivity contribution in [2.75, 3.05) is 29.8 Å². The molecule has 1 aliphatic heterocycles. The zero-order chi connectivity index (χ0) is 34.8. The van der Waals surface area contributed by atoms with Crippen LogP contribution in [0.5, 0.6) is 5.88 Å². The van der Waals surface area contributed by atoms with Gasteiger partial charge < -0.3 is 14.5 Å². The molecule has 4 bridgehead atoms. The van der Waals surface area contributed by atoms with Gasteiger partial charge in [0.05, 0.1) is 41.3 Å². The highest BCUT2D eigenvalue weighted by molar-refractivity contribution is 7.92. The first-order valence-electron chi connectivity index (χ1n) is 16.1. The predicted octanol–water partition coefficient (Wildman–Crippen LogP) is 6.28. The third kappa shape index (κ3) is 8.28. The highest BCUT2D eigenvalue weighted by atomic mass is 32.2. The van der Waals surface area contributed by atoms with Crippen LogP contribution in [-0.4, -0.2) is 65.4 Å². The molecule has 1 amide bonds. The summed E-state index contributed by atoms with van der Waals surface area (Å²) in [5.74, 6) is 0.846. The van der Waals surface area contributed by atoms with Crippen LogP contribution in [0, 0.1) is 25.2 Å². The molecule has 12 heteroatoms. The zero-order valence-corrected chi connectivity index (χ0v) is 29.8. The van der Waals surface area contributed by atoms with Gasteiger partial charge in [-0.1, -0.05) is 58.9 Å². The molecule has 0 radical (unpaired) electrons. The van der Waals surface area contributed by atoms with Gasteiger partial charge in [0.25, 0.3) is 15.9 Å². The van der Waals surface area contributed by atoms with Crippen LogP contribution in [0.25, 0.3) is 11.3 Å². The molecular formula is C36H45N7O4S. The van der Waals surface area contributed by atoms with E-state index >= 15 is 0 Å². The van der Waals surface area contributed by atoms with Crippen LogP contribution in [0.2, 0.25) is 0 Å². The molecule has 0 spiro atoms. The highest BCUT2D eigenvalue weighted by Crippen LogP contribution is 2.32. The molecule has 1 atom stereocenters. The van der Waals surface area contributed by atoms with Gasteiger partial charge in [0.1, 0.15) is 12.4 Å². The molecule has 0 saturated heterocycles. The van der Waals surface area contributed by atoms with Crippen molar-refractivity contribution < 1.29 is 17.9 Å². The fraction of sp³-hybridized carbons (Fsp3) is 0.417. The van der Waals surface area contributed by atoms with Crippen molar-refractivity contribution in [1.29, 1.82) is 0 Å². The molecule has 254 valence electrons. The molecule has 0 unspecified atom stereocenters. The van der Waals surface area contributed by atoms with Gasteiger partial charge in [-0.3, -0.25) is 9.78 Å². The number of carbonyl (C=O) groups excluding carboxylic acids is 1. The second-order valence-electron chi connectivity index (χ2n) is 14.1. The van der Waals surface area contributed by atoms with Crippen LogP contribution in [0.4, 0.5) is 11.8 Å². The van der Waals surface area contributed by atoms with E-state index in [0.29, 0.717) is 29.5 Å². The Kier molecular flexibility index (Phi) is 10.0. The molecule has 48 heavy (non-hydrogen) atoms. The van der Waals surface area contributed by atoms with E-state index in [2.05, 4.69) is 54.3 Å². The normalized spacial score (nSPS) is 16.3. The minimum Gasteiger partial charge on any atom is -0.475 e. The Morgan fingerprint density at radius 3 is 2.42 bits per heavy atom. The summed E-state index contributed by atoms with van der Waals surface area (Å²) in [5, 5.41) is 0. The number of amides is 1. The number of nitrogens with one attached hydrogen (secondary N) is 1. The van der Waals surface area contributed by atoms with Gasteiger partial charge in [-0.05, 0) is 60.9 Å². The number of hydrogen-bond donors (Lipinski definition) is 1. The Bertz CT molecular complexity index is 1890. The van der Waals surface area contributed by atoms with Gasteiger partial charge >= 0.3 is 0 Å². The standard InChI is InChI=1S/C36H45N7O4S/c1-23(2)20-42(8)31-19-37-18-27(38-31)21-43-28(17-36(5,6)7)22-47-32-16-30(33-24(3)11-9-12-25(33)4)39-35(40-32)41-48(45,46)29-14-10-13-26(15-29)34(43)44/h9-16,18-19,23,28H,17,20-22H2,1-8H3,(H,39,40,41)/t28-/m1/s1. The van der Waals surface area contributed by atoms with Crippen molar-refractivity contribution in [3.05, 3.63) is 83.3 Å². The number of hydrogen-bond acceptors (Lipinski definition) is 9. The summed E-state index contributed by atoms with van der Waals surface area (Å²) < 4.78 is 36.3. The van der Waals surface area contributed by atoms with E-state index in [4.69, 9.17) is 9.72 Å². The molecule has 0 fully saturated rings. The summed E-state index contributed by atoms with van der Waals surface area (Å²) in [7, 11) is -2.21. The summed E-state index contributed by atoms with van der Waals surface area (Å²) in [4.78, 5) is 36.5. The topological polar surface area (TPSA) is 131 Å². The van der Waals surface area contributed by atoms with Crippen molar-refractivity contribution >= 4 is 27.7 Å². The molecule has 2 aromatic heterocycles. The lowest BCUT2D eigenvalue weighted by Crippen LogP contribution is -2.45. The average Bonchev–Trinajstić information content (AvgIpc) is 3.00. The summed E-state index contributed by atoms with van der Waals surface area (Å²) in [6.07, 6.45) is 3.95. The molecule has 0 saturated carbocycles. The fourth-order valence-electron chi connectivity index (χ4n) is 6.02. The zero-order valence-electron chi connectivity index (χ0n) is 29.0. The Morgan fingerprint density at radius 1 is 1.02 bits per heavy atom. The number of sulfonamides is 1. The van der Waals surface area contributed by atoms with Crippen LogP contribution in [0.1, 0.15) is 68.2 Å². The first-order valence-corrected chi connectivity index (χ1v) is 17.6. The molecule has 1 aliphatic rings. The SMILES string of the molecule is Cc1cccc(C)c1-c1cc2nc(n1)NS(=O)(=O)c1cccc(c1)C(=O)N(Cc1cncc(N(C)CC(C)C)n1)[C@H](CC(C)(C)C)CO2. The molecule has 5 rings (SSSR count). The van der Waals surface area contributed by atoms with Crippen LogP contribution >= 0.6 is 0 Å². The third-order valence-electron chi connectivity index (χ3n) is 8.06. The fourth-order valence-corrected chi connectivity index (χ4v) is 7.01. The number of aryl methyl sites for hydroxylation is 2. The van der Waals surface area contributed by atoms with E-state index < -0.39 is 16.1 Å². The van der Waals surface area contributed by atoms with Crippen molar-refractivity contribution in [3.63, 3.8) is 0 Å². The second-order valence-corrected chi connectivity index (χ2v) is 15.8. The lowest BCUT2D eigenvalue weighted by molar-refractivity contribution is 0.0509. The van der Waals surface area contributed by atoms with E-state index in [1.54, 1.807) is 35.5 Å². The number of anilines is 2. The van der Waals surface area contributed by atoms with Crippen molar-refractivity contribution in [3.8, 4) is 17.1 Å². The smallest absolute Gasteiger partial charge is 0.264 e. The summed E-state index contributed by atoms with van der Waals surface area (Å²) in [6.45, 7) is 15.6. The number of benzene rings is 2. The monoisotopic (exact) mass is 671 g/mol. The van der Waals surface area contributed by atoms with Gasteiger partial charge in [0, 0.05) is 30.8 Å². The summed E-state index contributed by atoms with van der Waals surface area (Å²) >= 11 is 0. The molecule has 3 heterocycles. The number of fused-ring (bicyclic) bond motifs is 4. The summed E-state index contributed by atoms with van der Waals surface area (Å²) in [5.41, 5.74) is 3.97. The van der Waals surface area contributed by atoms with Gasteiger partial charge in [0.15, 0.2) is 0 Å². The molecule has 4 aromatic rings. The van der Waals surface area contributed by atoms with Crippen LogP contribution in [0.15, 0.2) is 65.8 Å². The minimum atomic E-state index is -4.17. The second kappa shape index (κ2) is 13.9. The van der Waals surface area contributed by atoms with Gasteiger partial charge in [-0.2, -0.15) is 4.98 Å². The van der Waals surface area contributed by atoms with Crippen molar-refractivity contribution in [2.24, 2.45) is 11.3 Å². The maximum absolute atomic E-state index is 14.5. The first kappa shape index (κ1) is 34.7.